The number of hydrogen-bond donors (Lipinski definition) is 3. The highest BCUT2D eigenvalue weighted by Gasteiger charge is 2.23. The molecule has 4 aromatic rings. The predicted molar refractivity (Wildman–Crippen MR) is 233 cm³/mol. The van der Waals surface area contributed by atoms with Gasteiger partial charge in [-0.2, -0.15) is 0 Å². The number of anilines is 2. The van der Waals surface area contributed by atoms with E-state index < -0.39 is 16.1 Å². The number of fused-ring (bicyclic) bond motifs is 6. The first-order valence-corrected chi connectivity index (χ1v) is 26.4. The minimum absolute atomic E-state index is 0. The average Bonchev–Trinajstić information content (AvgIpc) is 3.55. The van der Waals surface area contributed by atoms with E-state index in [9.17, 15) is 9.59 Å². The molecule has 0 saturated carbocycles. The third-order valence-electron chi connectivity index (χ3n) is 9.86. The number of likely N-dealkylation sites (N-methyl/N-ethyl adjacent to an activating group) is 1. The van der Waals surface area contributed by atoms with Crippen molar-refractivity contribution in [2.24, 2.45) is 0 Å². The van der Waals surface area contributed by atoms with Gasteiger partial charge < -0.3 is 28.8 Å². The maximum absolute atomic E-state index is 12.1. The zero-order valence-electron chi connectivity index (χ0n) is 33.4. The van der Waals surface area contributed by atoms with Gasteiger partial charge >= 0.3 is 12.2 Å². The molecule has 0 saturated heterocycles. The Morgan fingerprint density at radius 3 is 1.74 bits per heavy atom. The van der Waals surface area contributed by atoms with Crippen LogP contribution in [-0.2, 0) is 48.5 Å². The second kappa shape index (κ2) is 18.7. The molecular formula is C41H61ClN6O4Si2. The van der Waals surface area contributed by atoms with Gasteiger partial charge in [0.25, 0.3) is 0 Å². The number of ether oxygens (including phenoxy) is 2. The molecule has 0 unspecified atom stereocenters. The molecule has 0 radical (unpaired) electrons. The van der Waals surface area contributed by atoms with Crippen LogP contribution < -0.4 is 16.0 Å². The molecule has 10 nitrogen and oxygen atoms in total. The molecule has 0 bridgehead atoms. The fourth-order valence-electron chi connectivity index (χ4n) is 7.00. The van der Waals surface area contributed by atoms with Crippen LogP contribution in [0.4, 0.5) is 21.0 Å². The third kappa shape index (κ3) is 11.1. The van der Waals surface area contributed by atoms with Crippen molar-refractivity contribution >= 4 is 73.9 Å². The number of amides is 2. The molecule has 294 valence electrons. The van der Waals surface area contributed by atoms with Gasteiger partial charge in [0.05, 0.1) is 13.2 Å². The molecule has 4 heterocycles. The molecule has 54 heavy (non-hydrogen) atoms. The van der Waals surface area contributed by atoms with Gasteiger partial charge in [0.15, 0.2) is 0 Å². The Labute approximate surface area is 329 Å². The van der Waals surface area contributed by atoms with Crippen LogP contribution in [0, 0.1) is 0 Å². The lowest BCUT2D eigenvalue weighted by Gasteiger charge is -2.24. The summed E-state index contributed by atoms with van der Waals surface area (Å²) in [4.78, 5) is 26.6. The van der Waals surface area contributed by atoms with Gasteiger partial charge in [-0.1, -0.05) is 51.4 Å². The lowest BCUT2D eigenvalue weighted by molar-refractivity contribution is 0.166. The highest BCUT2D eigenvalue weighted by Crippen LogP contribution is 2.33. The molecule has 6 rings (SSSR count). The summed E-state index contributed by atoms with van der Waals surface area (Å²) in [6, 6.07) is 14.2. The predicted octanol–water partition coefficient (Wildman–Crippen LogP) is 9.48. The molecule has 0 spiro atoms. The van der Waals surface area contributed by atoms with E-state index in [-0.39, 0.29) is 24.6 Å². The zero-order valence-corrected chi connectivity index (χ0v) is 36.2. The van der Waals surface area contributed by atoms with Crippen molar-refractivity contribution in [3.05, 3.63) is 84.2 Å². The number of carbonyl (C=O) groups is 2. The summed E-state index contributed by atoms with van der Waals surface area (Å²) in [6.07, 6.45) is 5.18. The summed E-state index contributed by atoms with van der Waals surface area (Å²) in [5, 5.41) is 11.6. The molecule has 2 aliphatic heterocycles. The van der Waals surface area contributed by atoms with Gasteiger partial charge in [-0.3, -0.25) is 10.6 Å². The Bertz CT molecular complexity index is 1960. The van der Waals surface area contributed by atoms with Crippen LogP contribution in [0.25, 0.3) is 21.8 Å². The van der Waals surface area contributed by atoms with Gasteiger partial charge in [-0.15, -0.1) is 25.6 Å². The number of allylic oxidation sites excluding steroid dienone is 2. The summed E-state index contributed by atoms with van der Waals surface area (Å²) in [6.45, 7) is 27.9. The van der Waals surface area contributed by atoms with E-state index in [2.05, 4.69) is 114 Å². The zero-order chi connectivity index (χ0) is 38.3. The lowest BCUT2D eigenvalue weighted by atomic mass is 10.0. The molecule has 2 amide bonds. The maximum Gasteiger partial charge on any atom is 0.411 e. The smallest absolute Gasteiger partial charge is 0.411 e. The Balaban J connectivity index is 0.000000236. The van der Waals surface area contributed by atoms with E-state index in [1.807, 2.05) is 24.3 Å². The van der Waals surface area contributed by atoms with Gasteiger partial charge in [0, 0.05) is 113 Å². The molecule has 13 heteroatoms. The van der Waals surface area contributed by atoms with Gasteiger partial charge in [0.1, 0.15) is 0 Å². The second-order valence-corrected chi connectivity index (χ2v) is 27.9. The SMILES string of the molecule is C=CCn1c2c(c3cc(NC(=O)OCC[Si](C)(C)C)ccc31)CN(C)CC2.C=CCn1c2c(c3cc(NC(=O)OCC[Si](C)(C)C)ccc31)CNCC2.Cl. The minimum atomic E-state index is -1.20. The standard InChI is InChI=1S/C21H31N3O2Si.C20H29N3O2Si.ClH/c1-6-10-24-19-8-7-16(22-21(25)26-12-13-27(3,4)5)14-17(19)18-15-23(2)11-9-20(18)24;1-5-10-23-18-7-6-15(22-20(24)25-11-12-26(2,3)4)13-16(18)17-14-21-9-8-19(17)23;/h6-8,14H,1,9-13,15H2,2-5H3,(H,22,25);5-7,13,21H,1,8-12,14H2,2-4H3,(H,22,24);1H. The van der Waals surface area contributed by atoms with Crippen molar-refractivity contribution < 1.29 is 19.1 Å². The summed E-state index contributed by atoms with van der Waals surface area (Å²) in [5.74, 6) is 0. The van der Waals surface area contributed by atoms with E-state index >= 15 is 0 Å². The maximum atomic E-state index is 12.1. The monoisotopic (exact) mass is 792 g/mol. The van der Waals surface area contributed by atoms with E-state index in [4.69, 9.17) is 9.47 Å². The fraction of sp³-hybridized carbons (Fsp3) is 0.463. The van der Waals surface area contributed by atoms with Crippen molar-refractivity contribution in [1.82, 2.24) is 19.4 Å². The van der Waals surface area contributed by atoms with E-state index in [0.717, 1.165) is 75.6 Å². The second-order valence-electron chi connectivity index (χ2n) is 16.7. The Hall–Kier alpha value is -3.82. The van der Waals surface area contributed by atoms with Gasteiger partial charge in [-0.25, -0.2) is 9.59 Å². The third-order valence-corrected chi connectivity index (χ3v) is 13.3. The largest absolute Gasteiger partial charge is 0.450 e. The quantitative estimate of drug-likeness (QED) is 0.0977. The van der Waals surface area contributed by atoms with Gasteiger partial charge in [-0.05, 0) is 66.7 Å². The summed E-state index contributed by atoms with van der Waals surface area (Å²) < 4.78 is 15.4. The lowest BCUT2D eigenvalue weighted by Crippen LogP contribution is -2.27. The highest BCUT2D eigenvalue weighted by atomic mass is 35.5. The first-order chi connectivity index (χ1) is 25.2. The number of nitrogens with zero attached hydrogens (tertiary/aromatic N) is 3. The van der Waals surface area contributed by atoms with Crippen molar-refractivity contribution in [3.8, 4) is 0 Å². The summed E-state index contributed by atoms with van der Waals surface area (Å²) >= 11 is 0. The normalized spacial score (nSPS) is 14.2. The van der Waals surface area contributed by atoms with Crippen LogP contribution in [0.1, 0.15) is 22.5 Å². The molecule has 2 aromatic carbocycles. The fourth-order valence-corrected chi connectivity index (χ4v) is 8.43. The highest BCUT2D eigenvalue weighted by molar-refractivity contribution is 6.76. The number of nitrogens with one attached hydrogen (secondary N) is 3. The first-order valence-electron chi connectivity index (χ1n) is 18.9. The summed E-state index contributed by atoms with van der Waals surface area (Å²) in [5.41, 5.74) is 9.39. The number of aromatic nitrogens is 2. The molecule has 3 N–H and O–H groups in total. The number of carbonyl (C=O) groups excluding carboxylic acids is 2. The van der Waals surface area contributed by atoms with Crippen LogP contribution in [0.5, 0.6) is 0 Å². The number of hydrogen-bond acceptors (Lipinski definition) is 6. The van der Waals surface area contributed by atoms with Crippen LogP contribution in [0.3, 0.4) is 0 Å². The Kier molecular flexibility index (Phi) is 14.8. The van der Waals surface area contributed by atoms with Crippen LogP contribution >= 0.6 is 12.4 Å². The molecule has 0 aliphatic carbocycles. The molecule has 0 fully saturated rings. The topological polar surface area (TPSA) is 102 Å². The van der Waals surface area contributed by atoms with E-state index in [0.29, 0.717) is 13.2 Å². The number of benzene rings is 2. The van der Waals surface area contributed by atoms with E-state index in [1.54, 1.807) is 0 Å². The van der Waals surface area contributed by atoms with Gasteiger partial charge in [0.2, 0.25) is 0 Å². The van der Waals surface area contributed by atoms with Crippen molar-refractivity contribution in [1.29, 1.82) is 0 Å². The summed E-state index contributed by atoms with van der Waals surface area (Å²) in [7, 11) is -0.248. The minimum Gasteiger partial charge on any atom is -0.450 e. The van der Waals surface area contributed by atoms with Crippen molar-refractivity contribution in [3.63, 3.8) is 0 Å². The average molecular weight is 794 g/mol. The Morgan fingerprint density at radius 1 is 0.778 bits per heavy atom. The molecule has 2 aliphatic rings. The van der Waals surface area contributed by atoms with E-state index in [1.165, 1.54) is 44.3 Å². The van der Waals surface area contributed by atoms with Crippen LogP contribution in [0.15, 0.2) is 61.7 Å². The Morgan fingerprint density at radius 2 is 1.26 bits per heavy atom. The van der Waals surface area contributed by atoms with Crippen molar-refractivity contribution in [2.45, 2.75) is 90.4 Å². The van der Waals surface area contributed by atoms with Crippen LogP contribution in [0.2, 0.25) is 51.4 Å². The molecular weight excluding hydrogens is 732 g/mol. The van der Waals surface area contributed by atoms with Crippen molar-refractivity contribution in [2.75, 3.05) is 44.0 Å². The van der Waals surface area contributed by atoms with Crippen LogP contribution in [-0.4, -0.2) is 75.7 Å². The molecule has 2 aromatic heterocycles. The first kappa shape index (κ1) is 42.9. The number of halogens is 1. The molecule has 0 atom stereocenters. The number of rotatable bonds is 12.